The first-order valence-electron chi connectivity index (χ1n) is 5.70. The Kier molecular flexibility index (Phi) is 4.18. The highest BCUT2D eigenvalue weighted by molar-refractivity contribution is 6.30. The van der Waals surface area contributed by atoms with Crippen molar-refractivity contribution in [3.8, 4) is 11.3 Å². The fourth-order valence-corrected chi connectivity index (χ4v) is 1.74. The third kappa shape index (κ3) is 3.08. The van der Waals surface area contributed by atoms with Crippen molar-refractivity contribution in [3.05, 3.63) is 41.4 Å². The first-order chi connectivity index (χ1) is 8.31. The van der Waals surface area contributed by atoms with Gasteiger partial charge in [-0.15, -0.1) is 0 Å². The van der Waals surface area contributed by atoms with Crippen LogP contribution in [0.4, 0.5) is 0 Å². The maximum atomic E-state index is 5.86. The fraction of sp³-hybridized carbons (Fsp3) is 0.308. The Labute approximate surface area is 106 Å². The number of oxazole rings is 1. The molecule has 2 rings (SSSR count). The van der Waals surface area contributed by atoms with Crippen LogP contribution in [0.3, 0.4) is 0 Å². The van der Waals surface area contributed by atoms with Crippen LogP contribution in [-0.4, -0.2) is 11.5 Å². The van der Waals surface area contributed by atoms with E-state index in [4.69, 9.17) is 16.0 Å². The molecule has 0 saturated carbocycles. The molecule has 0 aliphatic rings. The molecule has 0 bridgehead atoms. The average molecular weight is 251 g/mol. The zero-order valence-electron chi connectivity index (χ0n) is 9.74. The van der Waals surface area contributed by atoms with Gasteiger partial charge in [0, 0.05) is 17.1 Å². The highest BCUT2D eigenvalue weighted by Crippen LogP contribution is 2.24. The van der Waals surface area contributed by atoms with Gasteiger partial charge in [0.15, 0.2) is 12.2 Å². The molecule has 2 aromatic rings. The zero-order valence-corrected chi connectivity index (χ0v) is 10.5. The standard InChI is InChI=1S/C13H15ClN2O/c1-2-7-15-8-12-13(17-9-16-12)10-3-5-11(14)6-4-10/h3-6,9,15H,2,7-8H2,1H3. The van der Waals surface area contributed by atoms with E-state index in [-0.39, 0.29) is 0 Å². The van der Waals surface area contributed by atoms with Gasteiger partial charge >= 0.3 is 0 Å². The lowest BCUT2D eigenvalue weighted by Gasteiger charge is -2.03. The minimum absolute atomic E-state index is 0.721. The van der Waals surface area contributed by atoms with Gasteiger partial charge in [-0.3, -0.25) is 0 Å². The van der Waals surface area contributed by atoms with E-state index in [1.54, 1.807) is 0 Å². The minimum atomic E-state index is 0.721. The van der Waals surface area contributed by atoms with Crippen molar-refractivity contribution in [2.24, 2.45) is 0 Å². The third-order valence-electron chi connectivity index (χ3n) is 2.47. The van der Waals surface area contributed by atoms with Crippen molar-refractivity contribution in [2.45, 2.75) is 19.9 Å². The Morgan fingerprint density at radius 2 is 2.06 bits per heavy atom. The van der Waals surface area contributed by atoms with E-state index >= 15 is 0 Å². The van der Waals surface area contributed by atoms with Crippen LogP contribution < -0.4 is 5.32 Å². The molecule has 0 aliphatic heterocycles. The maximum absolute atomic E-state index is 5.86. The molecular formula is C13H15ClN2O. The molecule has 1 aromatic heterocycles. The predicted octanol–water partition coefficient (Wildman–Crippen LogP) is 3.49. The molecule has 0 radical (unpaired) electrons. The highest BCUT2D eigenvalue weighted by atomic mass is 35.5. The van der Waals surface area contributed by atoms with Gasteiger partial charge in [0.2, 0.25) is 0 Å². The number of nitrogens with one attached hydrogen (secondary N) is 1. The smallest absolute Gasteiger partial charge is 0.181 e. The molecule has 0 atom stereocenters. The molecule has 0 spiro atoms. The van der Waals surface area contributed by atoms with Crippen molar-refractivity contribution < 1.29 is 4.42 Å². The molecule has 0 fully saturated rings. The van der Waals surface area contributed by atoms with Crippen molar-refractivity contribution >= 4 is 11.6 Å². The number of benzene rings is 1. The largest absolute Gasteiger partial charge is 0.443 e. The molecule has 90 valence electrons. The lowest BCUT2D eigenvalue weighted by Crippen LogP contribution is -2.14. The summed E-state index contributed by atoms with van der Waals surface area (Å²) in [6, 6.07) is 7.57. The van der Waals surface area contributed by atoms with E-state index in [1.165, 1.54) is 6.39 Å². The summed E-state index contributed by atoms with van der Waals surface area (Å²) in [4.78, 5) is 4.22. The fourth-order valence-electron chi connectivity index (χ4n) is 1.61. The number of hydrogen-bond donors (Lipinski definition) is 1. The van der Waals surface area contributed by atoms with Gasteiger partial charge in [0.05, 0.1) is 0 Å². The predicted molar refractivity (Wildman–Crippen MR) is 68.9 cm³/mol. The van der Waals surface area contributed by atoms with Crippen LogP contribution in [0.5, 0.6) is 0 Å². The minimum Gasteiger partial charge on any atom is -0.443 e. The van der Waals surface area contributed by atoms with Crippen molar-refractivity contribution in [3.63, 3.8) is 0 Å². The van der Waals surface area contributed by atoms with Crippen LogP contribution in [-0.2, 0) is 6.54 Å². The van der Waals surface area contributed by atoms with Gasteiger partial charge in [-0.05, 0) is 37.2 Å². The topological polar surface area (TPSA) is 38.1 Å². The molecule has 0 unspecified atom stereocenters. The van der Waals surface area contributed by atoms with Crippen molar-refractivity contribution in [1.29, 1.82) is 0 Å². The molecule has 0 amide bonds. The molecule has 1 heterocycles. The Morgan fingerprint density at radius 3 is 2.76 bits per heavy atom. The Hall–Kier alpha value is -1.32. The molecule has 0 saturated heterocycles. The second-order valence-corrected chi connectivity index (χ2v) is 4.25. The van der Waals surface area contributed by atoms with Crippen LogP contribution in [0.2, 0.25) is 5.02 Å². The number of halogens is 1. The molecule has 1 N–H and O–H groups in total. The molecule has 1 aromatic carbocycles. The summed E-state index contributed by atoms with van der Waals surface area (Å²) in [5.41, 5.74) is 1.93. The molecule has 4 heteroatoms. The lowest BCUT2D eigenvalue weighted by atomic mass is 10.1. The summed E-state index contributed by atoms with van der Waals surface area (Å²) in [5, 5.41) is 4.03. The van der Waals surface area contributed by atoms with Crippen LogP contribution in [0.25, 0.3) is 11.3 Å². The third-order valence-corrected chi connectivity index (χ3v) is 2.72. The van der Waals surface area contributed by atoms with E-state index in [9.17, 15) is 0 Å². The van der Waals surface area contributed by atoms with Gasteiger partial charge in [-0.25, -0.2) is 4.98 Å². The van der Waals surface area contributed by atoms with E-state index in [0.717, 1.165) is 41.6 Å². The summed E-state index contributed by atoms with van der Waals surface area (Å²) >= 11 is 5.86. The first-order valence-corrected chi connectivity index (χ1v) is 6.08. The quantitative estimate of drug-likeness (QED) is 0.826. The van der Waals surface area contributed by atoms with Crippen molar-refractivity contribution in [1.82, 2.24) is 10.3 Å². The molecular weight excluding hydrogens is 236 g/mol. The van der Waals surface area contributed by atoms with Crippen molar-refractivity contribution in [2.75, 3.05) is 6.54 Å². The van der Waals surface area contributed by atoms with E-state index in [1.807, 2.05) is 24.3 Å². The van der Waals surface area contributed by atoms with Crippen LogP contribution >= 0.6 is 11.6 Å². The number of aromatic nitrogens is 1. The Bertz CT molecular complexity index is 465. The number of nitrogens with zero attached hydrogens (tertiary/aromatic N) is 1. The number of hydrogen-bond acceptors (Lipinski definition) is 3. The van der Waals surface area contributed by atoms with Crippen LogP contribution in [0.15, 0.2) is 35.1 Å². The molecule has 0 aliphatic carbocycles. The van der Waals surface area contributed by atoms with Gasteiger partial charge in [0.25, 0.3) is 0 Å². The molecule has 17 heavy (non-hydrogen) atoms. The Balaban J connectivity index is 2.15. The normalized spacial score (nSPS) is 10.7. The summed E-state index contributed by atoms with van der Waals surface area (Å²) in [7, 11) is 0. The summed E-state index contributed by atoms with van der Waals surface area (Å²) in [6.07, 6.45) is 2.58. The van der Waals surface area contributed by atoms with Gasteiger partial charge in [-0.2, -0.15) is 0 Å². The van der Waals surface area contributed by atoms with E-state index in [2.05, 4.69) is 17.2 Å². The second-order valence-electron chi connectivity index (χ2n) is 3.81. The summed E-state index contributed by atoms with van der Waals surface area (Å²) < 4.78 is 5.43. The van der Waals surface area contributed by atoms with Gasteiger partial charge < -0.3 is 9.73 Å². The van der Waals surface area contributed by atoms with E-state index in [0.29, 0.717) is 0 Å². The monoisotopic (exact) mass is 250 g/mol. The molecule has 3 nitrogen and oxygen atoms in total. The highest BCUT2D eigenvalue weighted by Gasteiger charge is 2.09. The van der Waals surface area contributed by atoms with Crippen LogP contribution in [0.1, 0.15) is 19.0 Å². The zero-order chi connectivity index (χ0) is 12.1. The summed E-state index contributed by atoms with van der Waals surface area (Å²) in [5.74, 6) is 0.810. The average Bonchev–Trinajstić information content (AvgIpc) is 2.79. The van der Waals surface area contributed by atoms with Gasteiger partial charge in [-0.1, -0.05) is 18.5 Å². The Morgan fingerprint density at radius 1 is 1.29 bits per heavy atom. The summed E-state index contributed by atoms with van der Waals surface area (Å²) in [6.45, 7) is 3.84. The maximum Gasteiger partial charge on any atom is 0.181 e. The van der Waals surface area contributed by atoms with Crippen LogP contribution in [0, 0.1) is 0 Å². The number of rotatable bonds is 5. The lowest BCUT2D eigenvalue weighted by molar-refractivity contribution is 0.569. The van der Waals surface area contributed by atoms with Gasteiger partial charge in [0.1, 0.15) is 5.69 Å². The van der Waals surface area contributed by atoms with E-state index < -0.39 is 0 Å². The first kappa shape index (κ1) is 12.1. The SMILES string of the molecule is CCCNCc1ncoc1-c1ccc(Cl)cc1. The second kappa shape index (κ2) is 5.84.